The van der Waals surface area contributed by atoms with Gasteiger partial charge in [0.15, 0.2) is 0 Å². The number of nitrogens with one attached hydrogen (secondary N) is 1. The first-order valence-corrected chi connectivity index (χ1v) is 5.03. The molecule has 0 aliphatic carbocycles. The highest BCUT2D eigenvalue weighted by Gasteiger charge is 2.04. The van der Waals surface area contributed by atoms with Crippen molar-refractivity contribution in [2.45, 2.75) is 13.3 Å². The fourth-order valence-electron chi connectivity index (χ4n) is 0.862. The van der Waals surface area contributed by atoms with Gasteiger partial charge >= 0.3 is 6.01 Å². The third-order valence-electron chi connectivity index (χ3n) is 1.46. The van der Waals surface area contributed by atoms with Crippen LogP contribution in [0, 0.1) is 0 Å². The molecule has 6 nitrogen and oxygen atoms in total. The van der Waals surface area contributed by atoms with E-state index in [2.05, 4.69) is 20.3 Å². The lowest BCUT2D eigenvalue weighted by molar-refractivity contribution is 0.224. The van der Waals surface area contributed by atoms with Gasteiger partial charge in [-0.05, 0) is 18.5 Å². The summed E-state index contributed by atoms with van der Waals surface area (Å²) in [5.41, 5.74) is 0. The largest absolute Gasteiger partial charge is 0.463 e. The molecule has 0 saturated heterocycles. The van der Waals surface area contributed by atoms with E-state index in [4.69, 9.17) is 21.4 Å². The molecule has 0 atom stereocenters. The summed E-state index contributed by atoms with van der Waals surface area (Å²) in [4.78, 5) is 11.6. The molecular formula is C8H13ClN4O2. The molecule has 0 fully saturated rings. The van der Waals surface area contributed by atoms with Crippen molar-refractivity contribution in [3.63, 3.8) is 0 Å². The van der Waals surface area contributed by atoms with Gasteiger partial charge in [0.05, 0.1) is 6.61 Å². The molecule has 0 saturated carbocycles. The van der Waals surface area contributed by atoms with E-state index in [1.54, 1.807) is 0 Å². The van der Waals surface area contributed by atoms with E-state index in [0.717, 1.165) is 0 Å². The van der Waals surface area contributed by atoms with Gasteiger partial charge in [0.25, 0.3) is 0 Å². The molecule has 1 rings (SSSR count). The molecular weight excluding hydrogens is 220 g/mol. The van der Waals surface area contributed by atoms with E-state index in [1.807, 2.05) is 6.92 Å². The van der Waals surface area contributed by atoms with Crippen LogP contribution in [0.3, 0.4) is 0 Å². The van der Waals surface area contributed by atoms with Crippen LogP contribution < -0.4 is 10.1 Å². The fraction of sp³-hybridized carbons (Fsp3) is 0.625. The summed E-state index contributed by atoms with van der Waals surface area (Å²) in [5, 5.41) is 11.6. The van der Waals surface area contributed by atoms with Gasteiger partial charge in [0.2, 0.25) is 11.2 Å². The van der Waals surface area contributed by atoms with Crippen molar-refractivity contribution in [3.05, 3.63) is 5.28 Å². The van der Waals surface area contributed by atoms with Crippen molar-refractivity contribution in [2.24, 2.45) is 0 Å². The molecule has 2 N–H and O–H groups in total. The SMILES string of the molecule is CCNc1nc(Cl)nc(OCCCO)n1. The molecule has 0 aliphatic rings. The third-order valence-corrected chi connectivity index (χ3v) is 1.63. The number of hydrogen-bond donors (Lipinski definition) is 2. The second-order valence-corrected chi connectivity index (χ2v) is 3.00. The van der Waals surface area contributed by atoms with Gasteiger partial charge < -0.3 is 15.2 Å². The van der Waals surface area contributed by atoms with E-state index in [-0.39, 0.29) is 17.9 Å². The van der Waals surface area contributed by atoms with E-state index in [0.29, 0.717) is 25.5 Å². The van der Waals surface area contributed by atoms with Gasteiger partial charge in [-0.2, -0.15) is 15.0 Å². The van der Waals surface area contributed by atoms with Gasteiger partial charge in [-0.25, -0.2) is 0 Å². The highest BCUT2D eigenvalue weighted by molar-refractivity contribution is 6.28. The number of hydrogen-bond acceptors (Lipinski definition) is 6. The lowest BCUT2D eigenvalue weighted by Crippen LogP contribution is -2.08. The number of aromatic nitrogens is 3. The molecule has 1 aromatic heterocycles. The highest BCUT2D eigenvalue weighted by atomic mass is 35.5. The van der Waals surface area contributed by atoms with Gasteiger partial charge in [-0.3, -0.25) is 0 Å². The minimum Gasteiger partial charge on any atom is -0.463 e. The van der Waals surface area contributed by atoms with E-state index in [9.17, 15) is 0 Å². The molecule has 7 heteroatoms. The minimum absolute atomic E-state index is 0.0683. The van der Waals surface area contributed by atoms with E-state index in [1.165, 1.54) is 0 Å². The Kier molecular flexibility index (Phi) is 5.06. The summed E-state index contributed by atoms with van der Waals surface area (Å²) in [6.45, 7) is 3.03. The zero-order chi connectivity index (χ0) is 11.1. The second kappa shape index (κ2) is 6.36. The summed E-state index contributed by atoms with van der Waals surface area (Å²) in [5.74, 6) is 0.386. The average Bonchev–Trinajstić information content (AvgIpc) is 2.18. The van der Waals surface area contributed by atoms with E-state index >= 15 is 0 Å². The second-order valence-electron chi connectivity index (χ2n) is 2.67. The first-order valence-electron chi connectivity index (χ1n) is 4.65. The van der Waals surface area contributed by atoms with Crippen molar-refractivity contribution >= 4 is 17.5 Å². The lowest BCUT2D eigenvalue weighted by atomic mass is 10.5. The van der Waals surface area contributed by atoms with Crippen LogP contribution in [0.15, 0.2) is 0 Å². The molecule has 0 spiro atoms. The van der Waals surface area contributed by atoms with Crippen LogP contribution in [0.4, 0.5) is 5.95 Å². The van der Waals surface area contributed by atoms with Crippen LogP contribution in [0.5, 0.6) is 6.01 Å². The monoisotopic (exact) mass is 232 g/mol. The topological polar surface area (TPSA) is 80.2 Å². The summed E-state index contributed by atoms with van der Waals surface area (Å²) >= 11 is 5.67. The molecule has 0 aliphatic heterocycles. The number of ether oxygens (including phenoxy) is 1. The van der Waals surface area contributed by atoms with Crippen molar-refractivity contribution in [3.8, 4) is 6.01 Å². The van der Waals surface area contributed by atoms with Crippen LogP contribution in [-0.4, -0.2) is 39.8 Å². The van der Waals surface area contributed by atoms with Crippen LogP contribution in [0.2, 0.25) is 5.28 Å². The van der Waals surface area contributed by atoms with Crippen LogP contribution in [-0.2, 0) is 0 Å². The maximum absolute atomic E-state index is 8.57. The molecule has 0 radical (unpaired) electrons. The standard InChI is InChI=1S/C8H13ClN4O2/c1-2-10-7-11-6(9)12-8(13-7)15-5-3-4-14/h14H,2-5H2,1H3,(H,10,11,12,13). The smallest absolute Gasteiger partial charge is 0.322 e. The molecule has 84 valence electrons. The molecule has 1 heterocycles. The Balaban J connectivity index is 2.62. The number of aliphatic hydroxyl groups is 1. The molecule has 0 unspecified atom stereocenters. The van der Waals surface area contributed by atoms with Crippen molar-refractivity contribution in [1.82, 2.24) is 15.0 Å². The predicted molar refractivity (Wildman–Crippen MR) is 56.2 cm³/mol. The maximum atomic E-state index is 8.57. The lowest BCUT2D eigenvalue weighted by Gasteiger charge is -2.05. The summed E-state index contributed by atoms with van der Waals surface area (Å²) in [6, 6.07) is 0.166. The summed E-state index contributed by atoms with van der Waals surface area (Å²) in [7, 11) is 0. The van der Waals surface area contributed by atoms with E-state index < -0.39 is 0 Å². The first-order chi connectivity index (χ1) is 7.26. The average molecular weight is 233 g/mol. The Morgan fingerprint density at radius 3 is 2.87 bits per heavy atom. The van der Waals surface area contributed by atoms with Crippen LogP contribution in [0.1, 0.15) is 13.3 Å². The van der Waals surface area contributed by atoms with Gasteiger partial charge in [0.1, 0.15) is 0 Å². The number of rotatable bonds is 6. The number of anilines is 1. The maximum Gasteiger partial charge on any atom is 0.322 e. The highest BCUT2D eigenvalue weighted by Crippen LogP contribution is 2.11. The number of nitrogens with zero attached hydrogens (tertiary/aromatic N) is 3. The Hall–Kier alpha value is -1.14. The third kappa shape index (κ3) is 4.26. The molecule has 15 heavy (non-hydrogen) atoms. The van der Waals surface area contributed by atoms with Crippen molar-refractivity contribution in [1.29, 1.82) is 0 Å². The van der Waals surface area contributed by atoms with Crippen LogP contribution >= 0.6 is 11.6 Å². The Morgan fingerprint density at radius 1 is 1.40 bits per heavy atom. The normalized spacial score (nSPS) is 10.1. The molecule has 0 aromatic carbocycles. The Morgan fingerprint density at radius 2 is 2.20 bits per heavy atom. The van der Waals surface area contributed by atoms with Gasteiger partial charge in [0, 0.05) is 19.6 Å². The van der Waals surface area contributed by atoms with Gasteiger partial charge in [-0.15, -0.1) is 0 Å². The molecule has 0 amide bonds. The molecule has 0 bridgehead atoms. The Bertz CT molecular complexity index is 311. The van der Waals surface area contributed by atoms with Crippen molar-refractivity contribution in [2.75, 3.05) is 25.1 Å². The predicted octanol–water partition coefficient (Wildman–Crippen LogP) is 0.718. The Labute approximate surface area is 92.7 Å². The first kappa shape index (κ1) is 11.9. The summed E-state index contributed by atoms with van der Waals surface area (Å²) in [6.07, 6.45) is 0.528. The molecule has 1 aromatic rings. The van der Waals surface area contributed by atoms with Crippen LogP contribution in [0.25, 0.3) is 0 Å². The zero-order valence-electron chi connectivity index (χ0n) is 8.40. The number of halogens is 1. The van der Waals surface area contributed by atoms with Crippen molar-refractivity contribution < 1.29 is 9.84 Å². The minimum atomic E-state index is 0.0683. The fourth-order valence-corrected chi connectivity index (χ4v) is 1.01. The summed E-state index contributed by atoms with van der Waals surface area (Å²) < 4.78 is 5.17. The number of aliphatic hydroxyl groups excluding tert-OH is 1. The quantitative estimate of drug-likeness (QED) is 0.704. The zero-order valence-corrected chi connectivity index (χ0v) is 9.16. The van der Waals surface area contributed by atoms with Gasteiger partial charge in [-0.1, -0.05) is 0 Å².